The Balaban J connectivity index is 1.74. The lowest BCUT2D eigenvalue weighted by molar-refractivity contribution is -0.204. The molecule has 1 N–H and O–H groups in total. The van der Waals surface area contributed by atoms with E-state index in [2.05, 4.69) is 13.8 Å². The number of allylic oxidation sites excluding steroid dienone is 4. The molecule has 0 amide bonds. The van der Waals surface area contributed by atoms with E-state index in [1.54, 1.807) is 39.8 Å². The molecule has 8 atom stereocenters. The molecule has 0 aromatic rings. The van der Waals surface area contributed by atoms with E-state index in [0.717, 1.165) is 12.0 Å². The molecule has 0 bridgehead atoms. The van der Waals surface area contributed by atoms with E-state index in [4.69, 9.17) is 9.47 Å². The van der Waals surface area contributed by atoms with Crippen LogP contribution in [0.4, 0.5) is 0 Å². The molecule has 0 heterocycles. The number of ketones is 2. The Kier molecular flexibility index (Phi) is 7.11. The molecule has 3 fully saturated rings. The van der Waals surface area contributed by atoms with Gasteiger partial charge in [-0.1, -0.05) is 60.1 Å². The largest absolute Gasteiger partial charge is 0.457 e. The minimum absolute atomic E-state index is 0.0186. The van der Waals surface area contributed by atoms with Gasteiger partial charge in [0, 0.05) is 16.7 Å². The van der Waals surface area contributed by atoms with Gasteiger partial charge in [0.15, 0.2) is 18.0 Å². The number of esters is 2. The van der Waals surface area contributed by atoms with Crippen molar-refractivity contribution in [2.24, 2.45) is 46.3 Å². The molecular weight excluding hydrogens is 472 g/mol. The maximum Gasteiger partial charge on any atom is 0.309 e. The number of aliphatic hydroxyl groups excluding tert-OH is 1. The molecule has 204 valence electrons. The highest BCUT2D eigenvalue weighted by Gasteiger charge is 2.71. The van der Waals surface area contributed by atoms with E-state index < -0.39 is 52.8 Å². The van der Waals surface area contributed by atoms with E-state index in [0.29, 0.717) is 12.8 Å². The lowest BCUT2D eigenvalue weighted by atomic mass is 9.44. The van der Waals surface area contributed by atoms with Gasteiger partial charge in [0.2, 0.25) is 5.78 Å². The summed E-state index contributed by atoms with van der Waals surface area (Å²) in [5, 5.41) is 11.7. The number of hydrogen-bond acceptors (Lipinski definition) is 7. The predicted octanol–water partition coefficient (Wildman–Crippen LogP) is 4.22. The second-order valence-electron chi connectivity index (χ2n) is 12.9. The van der Waals surface area contributed by atoms with Crippen LogP contribution in [0.1, 0.15) is 74.1 Å². The van der Waals surface area contributed by atoms with Crippen LogP contribution in [-0.2, 0) is 28.7 Å². The summed E-state index contributed by atoms with van der Waals surface area (Å²) < 4.78 is 11.5. The molecule has 4 rings (SSSR count). The van der Waals surface area contributed by atoms with Crippen LogP contribution in [0.3, 0.4) is 0 Å². The van der Waals surface area contributed by atoms with Crippen molar-refractivity contribution in [1.29, 1.82) is 0 Å². The fourth-order valence-corrected chi connectivity index (χ4v) is 8.13. The Hall–Kier alpha value is -2.28. The molecule has 3 saturated carbocycles. The molecule has 7 nitrogen and oxygen atoms in total. The highest BCUT2D eigenvalue weighted by molar-refractivity contribution is 6.01. The quantitative estimate of drug-likeness (QED) is 0.529. The van der Waals surface area contributed by atoms with Crippen LogP contribution in [0.15, 0.2) is 23.8 Å². The molecule has 4 aliphatic carbocycles. The number of aliphatic hydroxyl groups is 1. The maximum atomic E-state index is 13.9. The van der Waals surface area contributed by atoms with Crippen molar-refractivity contribution in [2.75, 3.05) is 6.61 Å². The van der Waals surface area contributed by atoms with Gasteiger partial charge in [0.25, 0.3) is 0 Å². The highest BCUT2D eigenvalue weighted by Crippen LogP contribution is 2.68. The topological polar surface area (TPSA) is 107 Å². The SMILES string of the molecule is CC(C)C(=O)OCC(=O)[C@@]1(OC(=O)C(C)C)CC[C@H]2[C@@H]3CC(C)C4=CC(=O)C=C[C@]4(C)[C@H]3C(O)C[C@@]21C. The molecule has 0 saturated heterocycles. The molecule has 0 aromatic carbocycles. The summed E-state index contributed by atoms with van der Waals surface area (Å²) in [6.45, 7) is 12.6. The van der Waals surface area contributed by atoms with E-state index >= 15 is 0 Å². The summed E-state index contributed by atoms with van der Waals surface area (Å²) in [6.07, 6.45) is 6.62. The van der Waals surface area contributed by atoms with Gasteiger partial charge in [-0.3, -0.25) is 19.2 Å². The molecule has 4 aliphatic rings. The van der Waals surface area contributed by atoms with Crippen LogP contribution in [0, 0.1) is 46.3 Å². The Labute approximate surface area is 220 Å². The van der Waals surface area contributed by atoms with E-state index in [-0.39, 0.29) is 41.8 Å². The van der Waals surface area contributed by atoms with Crippen LogP contribution in [-0.4, -0.2) is 46.9 Å². The molecular formula is C30H42O7. The number of Topliss-reactive ketones (excluding diaryl/α,β-unsaturated/α-hetero) is 1. The Morgan fingerprint density at radius 2 is 1.76 bits per heavy atom. The number of ether oxygens (including phenoxy) is 2. The van der Waals surface area contributed by atoms with Gasteiger partial charge in [-0.15, -0.1) is 0 Å². The first-order chi connectivity index (χ1) is 17.2. The zero-order valence-corrected chi connectivity index (χ0v) is 23.2. The number of hydrogen-bond donors (Lipinski definition) is 1. The summed E-state index contributed by atoms with van der Waals surface area (Å²) in [5.41, 5.74) is -1.67. The smallest absolute Gasteiger partial charge is 0.309 e. The number of carbonyl (C=O) groups excluding carboxylic acids is 4. The van der Waals surface area contributed by atoms with Crippen molar-refractivity contribution in [2.45, 2.75) is 85.9 Å². The zero-order chi connectivity index (χ0) is 27.5. The first-order valence-electron chi connectivity index (χ1n) is 13.7. The lowest BCUT2D eigenvalue weighted by Gasteiger charge is -2.61. The molecule has 0 aromatic heterocycles. The van der Waals surface area contributed by atoms with Crippen LogP contribution in [0.25, 0.3) is 0 Å². The van der Waals surface area contributed by atoms with Crippen molar-refractivity contribution in [3.8, 4) is 0 Å². The van der Waals surface area contributed by atoms with Crippen LogP contribution < -0.4 is 0 Å². The van der Waals surface area contributed by atoms with Gasteiger partial charge < -0.3 is 14.6 Å². The van der Waals surface area contributed by atoms with Crippen LogP contribution in [0.2, 0.25) is 0 Å². The third-order valence-electron chi connectivity index (χ3n) is 9.95. The van der Waals surface area contributed by atoms with Gasteiger partial charge in [-0.25, -0.2) is 0 Å². The Bertz CT molecular complexity index is 1050. The highest BCUT2D eigenvalue weighted by atomic mass is 16.6. The van der Waals surface area contributed by atoms with E-state index in [1.165, 1.54) is 0 Å². The van der Waals surface area contributed by atoms with Gasteiger partial charge >= 0.3 is 11.9 Å². The molecule has 0 aliphatic heterocycles. The maximum absolute atomic E-state index is 13.9. The number of fused-ring (bicyclic) bond motifs is 5. The van der Waals surface area contributed by atoms with Crippen LogP contribution in [0.5, 0.6) is 0 Å². The standard InChI is InChI=1S/C30H42O7/c1-16(2)26(34)36-15-24(33)30(37-27(35)17(3)4)11-9-21-20-12-18(5)22-13-19(31)8-10-28(22,6)25(20)23(32)14-29(21,30)7/h8,10,13,16-18,20-21,23,25,32H,9,11-12,14-15H2,1-7H3/t18?,20-,21-,23?,25+,28-,29-,30-/m0/s1. The van der Waals surface area contributed by atoms with E-state index in [9.17, 15) is 24.3 Å². The summed E-state index contributed by atoms with van der Waals surface area (Å²) in [6, 6.07) is 0. The normalized spacial score (nSPS) is 40.5. The summed E-state index contributed by atoms with van der Waals surface area (Å²) in [7, 11) is 0. The second kappa shape index (κ2) is 9.48. The molecule has 0 radical (unpaired) electrons. The van der Waals surface area contributed by atoms with Gasteiger partial charge in [-0.2, -0.15) is 0 Å². The first kappa shape index (κ1) is 27.7. The van der Waals surface area contributed by atoms with Gasteiger partial charge in [0.1, 0.15) is 0 Å². The minimum Gasteiger partial charge on any atom is -0.457 e. The first-order valence-corrected chi connectivity index (χ1v) is 13.7. The molecule has 37 heavy (non-hydrogen) atoms. The lowest BCUT2D eigenvalue weighted by Crippen LogP contribution is -2.63. The molecule has 0 spiro atoms. The fraction of sp³-hybridized carbons (Fsp3) is 0.733. The average Bonchev–Trinajstić information content (AvgIpc) is 3.10. The molecule has 7 heteroatoms. The predicted molar refractivity (Wildman–Crippen MR) is 137 cm³/mol. The average molecular weight is 515 g/mol. The van der Waals surface area contributed by atoms with E-state index in [1.807, 2.05) is 13.0 Å². The van der Waals surface area contributed by atoms with Gasteiger partial charge in [-0.05, 0) is 55.6 Å². The van der Waals surface area contributed by atoms with Crippen molar-refractivity contribution in [3.05, 3.63) is 23.8 Å². The second-order valence-corrected chi connectivity index (χ2v) is 12.9. The van der Waals surface area contributed by atoms with Crippen molar-refractivity contribution < 1.29 is 33.8 Å². The summed E-state index contributed by atoms with van der Waals surface area (Å²) >= 11 is 0. The van der Waals surface area contributed by atoms with Crippen molar-refractivity contribution in [1.82, 2.24) is 0 Å². The monoisotopic (exact) mass is 514 g/mol. The Morgan fingerprint density at radius 1 is 1.11 bits per heavy atom. The van der Waals surface area contributed by atoms with Crippen molar-refractivity contribution in [3.63, 3.8) is 0 Å². The third kappa shape index (κ3) is 4.21. The van der Waals surface area contributed by atoms with Gasteiger partial charge in [0.05, 0.1) is 17.9 Å². The molecule has 2 unspecified atom stereocenters. The number of carbonyl (C=O) groups is 4. The Morgan fingerprint density at radius 3 is 2.38 bits per heavy atom. The summed E-state index contributed by atoms with van der Waals surface area (Å²) in [4.78, 5) is 51.2. The van der Waals surface area contributed by atoms with Crippen molar-refractivity contribution >= 4 is 23.5 Å². The third-order valence-corrected chi connectivity index (χ3v) is 9.95. The number of rotatable bonds is 6. The van der Waals surface area contributed by atoms with Crippen LogP contribution >= 0.6 is 0 Å². The summed E-state index contributed by atoms with van der Waals surface area (Å²) in [5.74, 6) is -2.05. The fourth-order valence-electron chi connectivity index (χ4n) is 8.13. The minimum atomic E-state index is -1.47. The zero-order valence-electron chi connectivity index (χ0n) is 23.2.